The minimum absolute atomic E-state index is 0.0854. The lowest BCUT2D eigenvalue weighted by molar-refractivity contribution is 0.0332. The Morgan fingerprint density at radius 2 is 2.18 bits per heavy atom. The Labute approximate surface area is 65.5 Å². The van der Waals surface area contributed by atoms with Gasteiger partial charge in [-0.25, -0.2) is 4.79 Å². The van der Waals surface area contributed by atoms with Gasteiger partial charge in [-0.15, -0.1) is 0 Å². The molecule has 11 heavy (non-hydrogen) atoms. The molecule has 0 aliphatic carbocycles. The van der Waals surface area contributed by atoms with E-state index in [0.717, 1.165) is 0 Å². The molecule has 0 unspecified atom stereocenters. The molecular formula is C7H13FO3. The van der Waals surface area contributed by atoms with E-state index in [0.29, 0.717) is 0 Å². The van der Waals surface area contributed by atoms with Gasteiger partial charge in [-0.2, -0.15) is 0 Å². The quantitative estimate of drug-likeness (QED) is 0.470. The van der Waals surface area contributed by atoms with Crippen molar-refractivity contribution in [3.05, 3.63) is 0 Å². The first-order chi connectivity index (χ1) is 5.16. The first kappa shape index (κ1) is 10.2. The zero-order chi connectivity index (χ0) is 8.69. The van der Waals surface area contributed by atoms with Gasteiger partial charge in [0.05, 0.1) is 19.4 Å². The van der Waals surface area contributed by atoms with Gasteiger partial charge in [0.25, 0.3) is 0 Å². The van der Waals surface area contributed by atoms with Gasteiger partial charge >= 0.3 is 6.16 Å². The molecule has 0 aromatic rings. The van der Waals surface area contributed by atoms with Crippen LogP contribution in [0.2, 0.25) is 0 Å². The van der Waals surface area contributed by atoms with Crippen LogP contribution >= 0.6 is 0 Å². The van der Waals surface area contributed by atoms with Crippen LogP contribution in [0.5, 0.6) is 0 Å². The molecule has 0 bridgehead atoms. The lowest BCUT2D eigenvalue weighted by atomic mass is 10.5. The number of hydrogen-bond acceptors (Lipinski definition) is 3. The molecule has 0 atom stereocenters. The standard InChI is InChI=1S/C7H13FO3/c1-6(2)11-7(9)10-5-3-4-8/h6H,3-5H2,1-2H3. The third-order valence-electron chi connectivity index (χ3n) is 0.830. The molecule has 0 N–H and O–H groups in total. The lowest BCUT2D eigenvalue weighted by Gasteiger charge is -2.07. The summed E-state index contributed by atoms with van der Waals surface area (Å²) in [7, 11) is 0. The molecule has 0 heterocycles. The molecule has 3 nitrogen and oxygen atoms in total. The van der Waals surface area contributed by atoms with E-state index >= 15 is 0 Å². The molecule has 0 aliphatic heterocycles. The number of ether oxygens (including phenoxy) is 2. The molecule has 0 saturated carbocycles. The number of carbonyl (C=O) groups excluding carboxylic acids is 1. The monoisotopic (exact) mass is 164 g/mol. The topological polar surface area (TPSA) is 35.5 Å². The minimum Gasteiger partial charge on any atom is -0.434 e. The summed E-state index contributed by atoms with van der Waals surface area (Å²) >= 11 is 0. The highest BCUT2D eigenvalue weighted by atomic mass is 19.1. The van der Waals surface area contributed by atoms with Crippen LogP contribution in [-0.2, 0) is 9.47 Å². The Balaban J connectivity index is 3.23. The predicted octanol–water partition coefficient (Wildman–Crippen LogP) is 1.91. The van der Waals surface area contributed by atoms with Crippen molar-refractivity contribution in [3.63, 3.8) is 0 Å². The van der Waals surface area contributed by atoms with E-state index in [4.69, 9.17) is 0 Å². The van der Waals surface area contributed by atoms with Crippen LogP contribution < -0.4 is 0 Å². The molecule has 0 radical (unpaired) electrons. The van der Waals surface area contributed by atoms with Crippen molar-refractivity contribution in [2.75, 3.05) is 13.3 Å². The third-order valence-corrected chi connectivity index (χ3v) is 0.830. The number of carbonyl (C=O) groups is 1. The van der Waals surface area contributed by atoms with E-state index in [9.17, 15) is 9.18 Å². The van der Waals surface area contributed by atoms with E-state index in [2.05, 4.69) is 9.47 Å². The molecular weight excluding hydrogens is 151 g/mol. The zero-order valence-corrected chi connectivity index (χ0v) is 6.80. The molecule has 4 heteroatoms. The Bertz CT molecular complexity index is 114. The van der Waals surface area contributed by atoms with Gasteiger partial charge in [0, 0.05) is 6.42 Å². The number of alkyl halides is 1. The summed E-state index contributed by atoms with van der Waals surface area (Å²) < 4.78 is 20.6. The van der Waals surface area contributed by atoms with Crippen LogP contribution in [-0.4, -0.2) is 25.5 Å². The summed E-state index contributed by atoms with van der Waals surface area (Å²) in [5.74, 6) is 0. The summed E-state index contributed by atoms with van der Waals surface area (Å²) in [6.45, 7) is 3.05. The average Bonchev–Trinajstić information content (AvgIpc) is 1.86. The van der Waals surface area contributed by atoms with E-state index in [1.807, 2.05) is 0 Å². The maximum atomic E-state index is 11.5. The van der Waals surface area contributed by atoms with Crippen molar-refractivity contribution in [1.82, 2.24) is 0 Å². The van der Waals surface area contributed by atoms with Crippen LogP contribution in [0.3, 0.4) is 0 Å². The van der Waals surface area contributed by atoms with Gasteiger partial charge in [0.1, 0.15) is 0 Å². The summed E-state index contributed by atoms with van der Waals surface area (Å²) in [6.07, 6.45) is -0.686. The molecule has 0 aromatic heterocycles. The van der Waals surface area contributed by atoms with Crippen molar-refractivity contribution < 1.29 is 18.7 Å². The van der Waals surface area contributed by atoms with Crippen molar-refractivity contribution >= 4 is 6.16 Å². The molecule has 0 spiro atoms. The summed E-state index contributed by atoms with van der Waals surface area (Å²) in [5.41, 5.74) is 0. The van der Waals surface area contributed by atoms with Crippen molar-refractivity contribution in [2.45, 2.75) is 26.4 Å². The van der Waals surface area contributed by atoms with Gasteiger partial charge in [-0.3, -0.25) is 4.39 Å². The SMILES string of the molecule is CC(C)OC(=O)OCCCF. The predicted molar refractivity (Wildman–Crippen MR) is 38.2 cm³/mol. The largest absolute Gasteiger partial charge is 0.508 e. The van der Waals surface area contributed by atoms with E-state index < -0.39 is 12.8 Å². The Kier molecular flexibility index (Phi) is 5.51. The van der Waals surface area contributed by atoms with Crippen LogP contribution in [0.1, 0.15) is 20.3 Å². The zero-order valence-electron chi connectivity index (χ0n) is 6.80. The lowest BCUT2D eigenvalue weighted by Crippen LogP contribution is -2.13. The second-order valence-corrected chi connectivity index (χ2v) is 2.31. The van der Waals surface area contributed by atoms with E-state index in [-0.39, 0.29) is 19.1 Å². The second kappa shape index (κ2) is 5.95. The number of halogens is 1. The molecule has 66 valence electrons. The highest BCUT2D eigenvalue weighted by molar-refractivity contribution is 5.59. The molecule has 0 fully saturated rings. The molecule has 0 amide bonds. The second-order valence-electron chi connectivity index (χ2n) is 2.31. The van der Waals surface area contributed by atoms with Gasteiger partial charge in [0.2, 0.25) is 0 Å². The normalized spacial score (nSPS) is 9.82. The van der Waals surface area contributed by atoms with Gasteiger partial charge in [0.15, 0.2) is 0 Å². The number of rotatable bonds is 4. The fraction of sp³-hybridized carbons (Fsp3) is 0.857. The highest BCUT2D eigenvalue weighted by Crippen LogP contribution is 1.93. The van der Waals surface area contributed by atoms with Crippen molar-refractivity contribution in [2.24, 2.45) is 0 Å². The van der Waals surface area contributed by atoms with Crippen LogP contribution in [0, 0.1) is 0 Å². The van der Waals surface area contributed by atoms with Crippen molar-refractivity contribution in [3.8, 4) is 0 Å². The Morgan fingerprint density at radius 3 is 2.64 bits per heavy atom. The van der Waals surface area contributed by atoms with Gasteiger partial charge in [-0.1, -0.05) is 0 Å². The maximum absolute atomic E-state index is 11.5. The average molecular weight is 164 g/mol. The van der Waals surface area contributed by atoms with Crippen LogP contribution in [0.25, 0.3) is 0 Å². The van der Waals surface area contributed by atoms with E-state index in [1.165, 1.54) is 0 Å². The molecule has 0 aromatic carbocycles. The van der Waals surface area contributed by atoms with Crippen LogP contribution in [0.15, 0.2) is 0 Å². The minimum atomic E-state index is -0.728. The van der Waals surface area contributed by atoms with E-state index in [1.54, 1.807) is 13.8 Å². The first-order valence-electron chi connectivity index (χ1n) is 3.56. The van der Waals surface area contributed by atoms with Gasteiger partial charge in [-0.05, 0) is 13.8 Å². The van der Waals surface area contributed by atoms with Gasteiger partial charge < -0.3 is 9.47 Å². The molecule has 0 aliphatic rings. The Hall–Kier alpha value is -0.800. The summed E-state index contributed by atoms with van der Waals surface area (Å²) in [6, 6.07) is 0. The Morgan fingerprint density at radius 1 is 1.55 bits per heavy atom. The summed E-state index contributed by atoms with van der Waals surface area (Å²) in [5, 5.41) is 0. The first-order valence-corrected chi connectivity index (χ1v) is 3.56. The highest BCUT2D eigenvalue weighted by Gasteiger charge is 2.04. The smallest absolute Gasteiger partial charge is 0.434 e. The molecule has 0 saturated heterocycles. The van der Waals surface area contributed by atoms with Crippen molar-refractivity contribution in [1.29, 1.82) is 0 Å². The summed E-state index contributed by atoms with van der Waals surface area (Å²) in [4.78, 5) is 10.6. The fourth-order valence-corrected chi connectivity index (χ4v) is 0.437. The van der Waals surface area contributed by atoms with Crippen LogP contribution in [0.4, 0.5) is 9.18 Å². The third kappa shape index (κ3) is 7.09. The molecule has 0 rings (SSSR count). The fourth-order valence-electron chi connectivity index (χ4n) is 0.437. The number of hydrogen-bond donors (Lipinski definition) is 0. The maximum Gasteiger partial charge on any atom is 0.508 e.